The second kappa shape index (κ2) is 6.66. The van der Waals surface area contributed by atoms with Crippen LogP contribution in [0.15, 0.2) is 12.1 Å². The minimum atomic E-state index is 0. The third kappa shape index (κ3) is 3.94. The molecule has 0 unspecified atom stereocenters. The molecule has 0 amide bonds. The van der Waals surface area contributed by atoms with Crippen LogP contribution in [0.4, 0.5) is 5.82 Å². The van der Waals surface area contributed by atoms with Crippen LogP contribution >= 0.6 is 12.4 Å². The van der Waals surface area contributed by atoms with Crippen molar-refractivity contribution in [2.24, 2.45) is 5.92 Å². The standard InChI is InChI=1S/C11H18N4.ClH/c1-9-2-3-11(15-14-9)13-8-10-4-6-12-7-5-10;/h2-3,10,12H,4-8H2,1H3,(H,13,15);1H. The number of halogens is 1. The van der Waals surface area contributed by atoms with Gasteiger partial charge in [-0.15, -0.1) is 17.5 Å². The van der Waals surface area contributed by atoms with Crippen molar-refractivity contribution in [2.45, 2.75) is 19.8 Å². The minimum Gasteiger partial charge on any atom is -0.368 e. The fraction of sp³-hybridized carbons (Fsp3) is 0.636. The van der Waals surface area contributed by atoms with E-state index < -0.39 is 0 Å². The maximum atomic E-state index is 4.09. The highest BCUT2D eigenvalue weighted by Gasteiger charge is 2.12. The molecular formula is C11H19ClN4. The molecule has 0 saturated carbocycles. The van der Waals surface area contributed by atoms with Crippen LogP contribution < -0.4 is 10.6 Å². The van der Waals surface area contributed by atoms with Gasteiger partial charge in [-0.1, -0.05) is 0 Å². The number of aryl methyl sites for hydroxylation is 1. The van der Waals surface area contributed by atoms with Gasteiger partial charge in [0.1, 0.15) is 5.82 Å². The first-order valence-corrected chi connectivity index (χ1v) is 5.59. The third-order valence-electron chi connectivity index (χ3n) is 2.83. The van der Waals surface area contributed by atoms with Crippen molar-refractivity contribution in [3.63, 3.8) is 0 Å². The largest absolute Gasteiger partial charge is 0.368 e. The summed E-state index contributed by atoms with van der Waals surface area (Å²) in [6.07, 6.45) is 2.51. The van der Waals surface area contributed by atoms with E-state index in [1.165, 1.54) is 12.8 Å². The summed E-state index contributed by atoms with van der Waals surface area (Å²) in [5, 5.41) is 14.8. The fourth-order valence-electron chi connectivity index (χ4n) is 1.83. The third-order valence-corrected chi connectivity index (χ3v) is 2.83. The minimum absolute atomic E-state index is 0. The van der Waals surface area contributed by atoms with E-state index in [4.69, 9.17) is 0 Å². The summed E-state index contributed by atoms with van der Waals surface area (Å²) in [5.41, 5.74) is 0.961. The van der Waals surface area contributed by atoms with Crippen LogP contribution in [0.5, 0.6) is 0 Å². The van der Waals surface area contributed by atoms with Crippen LogP contribution in [-0.4, -0.2) is 29.8 Å². The van der Waals surface area contributed by atoms with Gasteiger partial charge in [-0.05, 0) is 50.9 Å². The molecule has 0 atom stereocenters. The topological polar surface area (TPSA) is 49.8 Å². The molecule has 0 aromatic carbocycles. The fourth-order valence-corrected chi connectivity index (χ4v) is 1.83. The first-order chi connectivity index (χ1) is 7.34. The van der Waals surface area contributed by atoms with Crippen molar-refractivity contribution < 1.29 is 0 Å². The molecule has 1 aliphatic rings. The highest BCUT2D eigenvalue weighted by molar-refractivity contribution is 5.85. The van der Waals surface area contributed by atoms with Gasteiger partial charge in [0, 0.05) is 6.54 Å². The van der Waals surface area contributed by atoms with E-state index in [1.54, 1.807) is 0 Å². The molecule has 2 rings (SSSR count). The lowest BCUT2D eigenvalue weighted by molar-refractivity contribution is 0.389. The van der Waals surface area contributed by atoms with E-state index in [-0.39, 0.29) is 12.4 Å². The molecule has 1 aromatic heterocycles. The Labute approximate surface area is 103 Å². The molecule has 0 spiro atoms. The van der Waals surface area contributed by atoms with Gasteiger partial charge >= 0.3 is 0 Å². The molecule has 16 heavy (non-hydrogen) atoms. The Bertz CT molecular complexity index is 295. The molecular weight excluding hydrogens is 224 g/mol. The first kappa shape index (κ1) is 13.2. The van der Waals surface area contributed by atoms with E-state index in [0.717, 1.165) is 37.1 Å². The smallest absolute Gasteiger partial charge is 0.148 e. The van der Waals surface area contributed by atoms with Crippen molar-refractivity contribution in [1.29, 1.82) is 0 Å². The highest BCUT2D eigenvalue weighted by atomic mass is 35.5. The lowest BCUT2D eigenvalue weighted by Gasteiger charge is -2.22. The summed E-state index contributed by atoms with van der Waals surface area (Å²) in [6.45, 7) is 5.25. The van der Waals surface area contributed by atoms with Gasteiger partial charge < -0.3 is 10.6 Å². The van der Waals surface area contributed by atoms with Crippen LogP contribution in [0.25, 0.3) is 0 Å². The van der Waals surface area contributed by atoms with Crippen LogP contribution in [0.3, 0.4) is 0 Å². The zero-order valence-corrected chi connectivity index (χ0v) is 10.4. The highest BCUT2D eigenvalue weighted by Crippen LogP contribution is 2.12. The molecule has 1 saturated heterocycles. The molecule has 1 aromatic rings. The number of nitrogens with zero attached hydrogens (tertiary/aromatic N) is 2. The van der Waals surface area contributed by atoms with E-state index in [1.807, 2.05) is 19.1 Å². The quantitative estimate of drug-likeness (QED) is 0.846. The Morgan fingerprint density at radius 3 is 2.69 bits per heavy atom. The Morgan fingerprint density at radius 1 is 1.31 bits per heavy atom. The van der Waals surface area contributed by atoms with Crippen LogP contribution in [0.1, 0.15) is 18.5 Å². The number of hydrogen-bond donors (Lipinski definition) is 2. The zero-order valence-electron chi connectivity index (χ0n) is 9.57. The molecule has 2 N–H and O–H groups in total. The molecule has 1 aliphatic heterocycles. The second-order valence-electron chi connectivity index (χ2n) is 4.13. The van der Waals surface area contributed by atoms with Gasteiger partial charge in [0.25, 0.3) is 0 Å². The Kier molecular flexibility index (Phi) is 5.49. The van der Waals surface area contributed by atoms with Gasteiger partial charge in [-0.25, -0.2) is 0 Å². The molecule has 4 nitrogen and oxygen atoms in total. The number of piperidine rings is 1. The maximum absolute atomic E-state index is 4.09. The van der Waals surface area contributed by atoms with Gasteiger partial charge in [-0.2, -0.15) is 5.10 Å². The summed E-state index contributed by atoms with van der Waals surface area (Å²) in [6, 6.07) is 3.97. The zero-order chi connectivity index (χ0) is 10.5. The lowest BCUT2D eigenvalue weighted by atomic mass is 9.98. The van der Waals surface area contributed by atoms with E-state index >= 15 is 0 Å². The predicted molar refractivity (Wildman–Crippen MR) is 68.1 cm³/mol. The van der Waals surface area contributed by atoms with Gasteiger partial charge in [0.15, 0.2) is 0 Å². The Hall–Kier alpha value is -0.870. The van der Waals surface area contributed by atoms with Gasteiger partial charge in [0.2, 0.25) is 0 Å². The number of anilines is 1. The molecule has 0 radical (unpaired) electrons. The molecule has 0 aliphatic carbocycles. The van der Waals surface area contributed by atoms with Crippen molar-refractivity contribution in [3.05, 3.63) is 17.8 Å². The van der Waals surface area contributed by atoms with E-state index in [9.17, 15) is 0 Å². The molecule has 2 heterocycles. The number of rotatable bonds is 3. The number of nitrogens with one attached hydrogen (secondary N) is 2. The van der Waals surface area contributed by atoms with Gasteiger partial charge in [-0.3, -0.25) is 0 Å². The number of hydrogen-bond acceptors (Lipinski definition) is 4. The molecule has 5 heteroatoms. The van der Waals surface area contributed by atoms with Crippen molar-refractivity contribution in [1.82, 2.24) is 15.5 Å². The normalized spacial score (nSPS) is 16.6. The second-order valence-corrected chi connectivity index (χ2v) is 4.13. The average Bonchev–Trinajstić information content (AvgIpc) is 2.30. The van der Waals surface area contributed by atoms with Crippen molar-refractivity contribution >= 4 is 18.2 Å². The van der Waals surface area contributed by atoms with Gasteiger partial charge in [0.05, 0.1) is 5.69 Å². The lowest BCUT2D eigenvalue weighted by Crippen LogP contribution is -2.31. The molecule has 0 bridgehead atoms. The van der Waals surface area contributed by atoms with Crippen LogP contribution in [0.2, 0.25) is 0 Å². The first-order valence-electron chi connectivity index (χ1n) is 5.59. The predicted octanol–water partition coefficient (Wildman–Crippen LogP) is 1.62. The molecule has 1 fully saturated rings. The number of aromatic nitrogens is 2. The summed E-state index contributed by atoms with van der Waals surface area (Å²) in [4.78, 5) is 0. The monoisotopic (exact) mass is 242 g/mol. The molecule has 90 valence electrons. The van der Waals surface area contributed by atoms with Crippen LogP contribution in [-0.2, 0) is 0 Å². The van der Waals surface area contributed by atoms with Crippen molar-refractivity contribution in [2.75, 3.05) is 25.0 Å². The summed E-state index contributed by atoms with van der Waals surface area (Å²) >= 11 is 0. The van der Waals surface area contributed by atoms with E-state index in [0.29, 0.717) is 0 Å². The van der Waals surface area contributed by atoms with Crippen LogP contribution in [0, 0.1) is 12.8 Å². The van der Waals surface area contributed by atoms with E-state index in [2.05, 4.69) is 20.8 Å². The Balaban J connectivity index is 0.00000128. The Morgan fingerprint density at radius 2 is 2.06 bits per heavy atom. The summed E-state index contributed by atoms with van der Waals surface area (Å²) in [5.74, 6) is 1.66. The van der Waals surface area contributed by atoms with Crippen molar-refractivity contribution in [3.8, 4) is 0 Å². The summed E-state index contributed by atoms with van der Waals surface area (Å²) < 4.78 is 0. The maximum Gasteiger partial charge on any atom is 0.148 e. The average molecular weight is 243 g/mol. The SMILES string of the molecule is Cc1ccc(NCC2CCNCC2)nn1.Cl. The summed E-state index contributed by atoms with van der Waals surface area (Å²) in [7, 11) is 0.